The zero-order chi connectivity index (χ0) is 11.0. The van der Waals surface area contributed by atoms with Gasteiger partial charge in [-0.1, -0.05) is 0 Å². The average Bonchev–Trinajstić information content (AvgIpc) is 2.54. The van der Waals surface area contributed by atoms with Crippen molar-refractivity contribution in [2.75, 3.05) is 12.4 Å². The molecule has 3 N–H and O–H groups in total. The first-order valence-electron chi connectivity index (χ1n) is 4.77. The minimum atomic E-state index is -0.411. The SMILES string of the molecule is CNc1sc2c(c1C(N)=O)CCC(=O)C2. The average molecular weight is 224 g/mol. The number of fused-ring (bicyclic) bond motifs is 1. The Labute approximate surface area is 91.5 Å². The summed E-state index contributed by atoms with van der Waals surface area (Å²) in [5.74, 6) is -0.173. The van der Waals surface area contributed by atoms with Crippen molar-refractivity contribution in [3.05, 3.63) is 16.0 Å². The molecule has 0 radical (unpaired) electrons. The lowest BCUT2D eigenvalue weighted by molar-refractivity contribution is -0.118. The number of hydrogen-bond acceptors (Lipinski definition) is 4. The van der Waals surface area contributed by atoms with Gasteiger partial charge in [0.05, 0.1) is 5.56 Å². The number of Topliss-reactive ketones (excluding diaryl/α,β-unsaturated/α-hetero) is 1. The summed E-state index contributed by atoms with van der Waals surface area (Å²) in [6.07, 6.45) is 1.61. The highest BCUT2D eigenvalue weighted by Gasteiger charge is 2.26. The topological polar surface area (TPSA) is 72.2 Å². The Balaban J connectivity index is 2.53. The molecule has 4 nitrogen and oxygen atoms in total. The number of thiophene rings is 1. The Morgan fingerprint density at radius 1 is 1.47 bits per heavy atom. The number of ketones is 1. The monoisotopic (exact) mass is 224 g/mol. The van der Waals surface area contributed by atoms with Crippen LogP contribution in [0.2, 0.25) is 0 Å². The maximum absolute atomic E-state index is 11.3. The fraction of sp³-hybridized carbons (Fsp3) is 0.400. The lowest BCUT2D eigenvalue weighted by Gasteiger charge is -2.10. The maximum atomic E-state index is 11.3. The first kappa shape index (κ1) is 10.2. The molecule has 1 aromatic rings. The minimum Gasteiger partial charge on any atom is -0.379 e. The van der Waals surface area contributed by atoms with Crippen LogP contribution in [0.15, 0.2) is 0 Å². The highest BCUT2D eigenvalue weighted by Crippen LogP contribution is 2.36. The molecular weight excluding hydrogens is 212 g/mol. The van der Waals surface area contributed by atoms with Gasteiger partial charge in [-0.15, -0.1) is 11.3 Å². The van der Waals surface area contributed by atoms with Gasteiger partial charge >= 0.3 is 0 Å². The van der Waals surface area contributed by atoms with E-state index < -0.39 is 5.91 Å². The van der Waals surface area contributed by atoms with Gasteiger partial charge in [0.2, 0.25) is 0 Å². The fourth-order valence-electron chi connectivity index (χ4n) is 1.89. The van der Waals surface area contributed by atoms with E-state index in [9.17, 15) is 9.59 Å². The quantitative estimate of drug-likeness (QED) is 0.785. The van der Waals surface area contributed by atoms with E-state index in [-0.39, 0.29) is 5.78 Å². The van der Waals surface area contributed by atoms with Crippen LogP contribution in [0.3, 0.4) is 0 Å². The molecule has 0 saturated carbocycles. The summed E-state index contributed by atoms with van der Waals surface area (Å²) in [6, 6.07) is 0. The summed E-state index contributed by atoms with van der Waals surface area (Å²) in [4.78, 5) is 23.6. The van der Waals surface area contributed by atoms with Crippen LogP contribution in [-0.4, -0.2) is 18.7 Å². The van der Waals surface area contributed by atoms with Crippen molar-refractivity contribution in [3.63, 3.8) is 0 Å². The van der Waals surface area contributed by atoms with Crippen LogP contribution in [0.5, 0.6) is 0 Å². The second kappa shape index (κ2) is 3.66. The lowest BCUT2D eigenvalue weighted by atomic mass is 9.94. The summed E-state index contributed by atoms with van der Waals surface area (Å²) in [6.45, 7) is 0. The van der Waals surface area contributed by atoms with Crippen LogP contribution >= 0.6 is 11.3 Å². The molecule has 0 bridgehead atoms. The van der Waals surface area contributed by atoms with Gasteiger partial charge in [-0.2, -0.15) is 0 Å². The second-order valence-electron chi connectivity index (χ2n) is 3.54. The van der Waals surface area contributed by atoms with E-state index in [1.165, 1.54) is 11.3 Å². The summed E-state index contributed by atoms with van der Waals surface area (Å²) in [5.41, 5.74) is 6.88. The molecule has 80 valence electrons. The first-order valence-corrected chi connectivity index (χ1v) is 5.59. The Bertz CT molecular complexity index is 437. The molecule has 1 aliphatic rings. The van der Waals surface area contributed by atoms with Crippen LogP contribution in [0.1, 0.15) is 27.2 Å². The van der Waals surface area contributed by atoms with Gasteiger partial charge in [-0.05, 0) is 12.0 Å². The van der Waals surface area contributed by atoms with Crippen LogP contribution in [0.25, 0.3) is 0 Å². The molecular formula is C10H12N2O2S. The van der Waals surface area contributed by atoms with Crippen molar-refractivity contribution < 1.29 is 9.59 Å². The third kappa shape index (κ3) is 1.63. The number of nitrogens with two attached hydrogens (primary N) is 1. The number of rotatable bonds is 2. The molecule has 1 heterocycles. The van der Waals surface area contributed by atoms with Gasteiger partial charge in [0.25, 0.3) is 5.91 Å². The van der Waals surface area contributed by atoms with Gasteiger partial charge in [-0.3, -0.25) is 9.59 Å². The van der Waals surface area contributed by atoms with E-state index in [0.29, 0.717) is 24.8 Å². The predicted molar refractivity (Wildman–Crippen MR) is 59.4 cm³/mol. The molecule has 1 aromatic heterocycles. The maximum Gasteiger partial charge on any atom is 0.251 e. The van der Waals surface area contributed by atoms with Crippen molar-refractivity contribution in [2.45, 2.75) is 19.3 Å². The van der Waals surface area contributed by atoms with Crippen molar-refractivity contribution >= 4 is 28.0 Å². The number of primary amides is 1. The number of nitrogens with one attached hydrogen (secondary N) is 1. The van der Waals surface area contributed by atoms with Gasteiger partial charge in [0.1, 0.15) is 10.8 Å². The third-order valence-electron chi connectivity index (χ3n) is 2.58. The second-order valence-corrected chi connectivity index (χ2v) is 4.64. The van der Waals surface area contributed by atoms with Crippen molar-refractivity contribution in [1.82, 2.24) is 0 Å². The normalized spacial score (nSPS) is 14.9. The van der Waals surface area contributed by atoms with Crippen LogP contribution in [0, 0.1) is 0 Å². The van der Waals surface area contributed by atoms with E-state index in [1.54, 1.807) is 7.05 Å². The summed E-state index contributed by atoms with van der Waals surface area (Å²) >= 11 is 1.46. The molecule has 0 atom stereocenters. The number of hydrogen-bond donors (Lipinski definition) is 2. The molecule has 2 rings (SSSR count). The van der Waals surface area contributed by atoms with Gasteiger partial charge in [0.15, 0.2) is 0 Å². The first-order chi connectivity index (χ1) is 7.13. The Kier molecular flexibility index (Phi) is 2.48. The molecule has 0 saturated heterocycles. The number of anilines is 1. The summed E-state index contributed by atoms with van der Waals surface area (Å²) < 4.78 is 0. The van der Waals surface area contributed by atoms with Crippen molar-refractivity contribution in [2.24, 2.45) is 5.73 Å². The van der Waals surface area contributed by atoms with E-state index >= 15 is 0 Å². The minimum absolute atomic E-state index is 0.238. The van der Waals surface area contributed by atoms with Gasteiger partial charge in [-0.25, -0.2) is 0 Å². The number of amides is 1. The van der Waals surface area contributed by atoms with Crippen LogP contribution in [0.4, 0.5) is 5.00 Å². The molecule has 1 aliphatic carbocycles. The standard InChI is InChI=1S/C10H12N2O2S/c1-12-10-8(9(11)14)6-3-2-5(13)4-7(6)15-10/h12H,2-4H2,1H3,(H2,11,14). The molecule has 0 aliphatic heterocycles. The predicted octanol–water partition coefficient (Wildman–Crippen LogP) is 0.947. The Morgan fingerprint density at radius 2 is 2.20 bits per heavy atom. The molecule has 0 fully saturated rings. The zero-order valence-electron chi connectivity index (χ0n) is 8.42. The third-order valence-corrected chi connectivity index (χ3v) is 3.83. The molecule has 5 heteroatoms. The van der Waals surface area contributed by atoms with Gasteiger partial charge in [0, 0.05) is 24.8 Å². The van der Waals surface area contributed by atoms with E-state index in [1.807, 2.05) is 0 Å². The Hall–Kier alpha value is -1.36. The molecule has 15 heavy (non-hydrogen) atoms. The van der Waals surface area contributed by atoms with Crippen molar-refractivity contribution in [1.29, 1.82) is 0 Å². The smallest absolute Gasteiger partial charge is 0.251 e. The molecule has 1 amide bonds. The van der Waals surface area contributed by atoms with Crippen LogP contribution in [-0.2, 0) is 17.6 Å². The molecule has 0 spiro atoms. The number of carbonyl (C=O) groups is 2. The highest BCUT2D eigenvalue weighted by atomic mass is 32.1. The summed E-state index contributed by atoms with van der Waals surface area (Å²) in [5, 5.41) is 3.74. The van der Waals surface area contributed by atoms with Crippen LogP contribution < -0.4 is 11.1 Å². The van der Waals surface area contributed by atoms with E-state index in [2.05, 4.69) is 5.32 Å². The Morgan fingerprint density at radius 3 is 2.80 bits per heavy atom. The zero-order valence-corrected chi connectivity index (χ0v) is 9.24. The molecule has 0 aromatic carbocycles. The summed E-state index contributed by atoms with van der Waals surface area (Å²) in [7, 11) is 1.76. The highest BCUT2D eigenvalue weighted by molar-refractivity contribution is 7.16. The lowest BCUT2D eigenvalue weighted by Crippen LogP contribution is -2.18. The molecule has 0 unspecified atom stereocenters. The van der Waals surface area contributed by atoms with E-state index in [0.717, 1.165) is 15.4 Å². The largest absolute Gasteiger partial charge is 0.379 e. The number of carbonyl (C=O) groups excluding carboxylic acids is 2. The van der Waals surface area contributed by atoms with Crippen molar-refractivity contribution in [3.8, 4) is 0 Å². The fourth-order valence-corrected chi connectivity index (χ4v) is 3.12. The van der Waals surface area contributed by atoms with E-state index in [4.69, 9.17) is 5.73 Å². The van der Waals surface area contributed by atoms with Gasteiger partial charge < -0.3 is 11.1 Å².